The fourth-order valence-corrected chi connectivity index (χ4v) is 3.06. The molecule has 3 rings (SSSR count). The Morgan fingerprint density at radius 1 is 1.25 bits per heavy atom. The van der Waals surface area contributed by atoms with Crippen LogP contribution in [0.5, 0.6) is 0 Å². The third-order valence-corrected chi connectivity index (χ3v) is 4.42. The summed E-state index contributed by atoms with van der Waals surface area (Å²) < 4.78 is 2.71. The van der Waals surface area contributed by atoms with E-state index in [1.54, 1.807) is 0 Å². The first-order valence-electron chi connectivity index (χ1n) is 8.07. The molecule has 1 aromatic carbocycles. The predicted octanol–water partition coefficient (Wildman–Crippen LogP) is 3.74. The highest BCUT2D eigenvalue weighted by Crippen LogP contribution is 2.25. The van der Waals surface area contributed by atoms with E-state index >= 15 is 0 Å². The summed E-state index contributed by atoms with van der Waals surface area (Å²) in [6.45, 7) is 5.73. The maximum atomic E-state index is 6.07. The molecular formula is C17H21BrN6. The first-order chi connectivity index (χ1) is 11.6. The molecule has 0 atom stereocenters. The molecule has 0 saturated carbocycles. The molecule has 0 aliphatic rings. The Balaban J connectivity index is 1.98. The minimum atomic E-state index is 0.391. The number of aromatic nitrogens is 4. The van der Waals surface area contributed by atoms with Gasteiger partial charge in [-0.25, -0.2) is 4.98 Å². The van der Waals surface area contributed by atoms with Gasteiger partial charge in [0.15, 0.2) is 21.7 Å². The number of imidazole rings is 1. The Kier molecular flexibility index (Phi) is 4.99. The van der Waals surface area contributed by atoms with E-state index in [4.69, 9.17) is 5.73 Å². The number of nitrogen functional groups attached to an aromatic ring is 1. The van der Waals surface area contributed by atoms with Crippen LogP contribution in [-0.4, -0.2) is 26.1 Å². The summed E-state index contributed by atoms with van der Waals surface area (Å²) in [5, 5.41) is 3.23. The van der Waals surface area contributed by atoms with Gasteiger partial charge in [-0.3, -0.25) is 4.57 Å². The minimum Gasteiger partial charge on any atom is -0.382 e. The highest BCUT2D eigenvalue weighted by Gasteiger charge is 2.15. The third kappa shape index (κ3) is 3.51. The van der Waals surface area contributed by atoms with Gasteiger partial charge in [-0.2, -0.15) is 9.97 Å². The fourth-order valence-electron chi connectivity index (χ4n) is 2.58. The lowest BCUT2D eigenvalue weighted by molar-refractivity contribution is 0.788. The van der Waals surface area contributed by atoms with E-state index in [1.165, 1.54) is 11.1 Å². The van der Waals surface area contributed by atoms with E-state index in [0.717, 1.165) is 25.0 Å². The topological polar surface area (TPSA) is 81.6 Å². The molecule has 0 aliphatic carbocycles. The molecule has 24 heavy (non-hydrogen) atoms. The lowest BCUT2D eigenvalue weighted by atomic mass is 10.1. The van der Waals surface area contributed by atoms with E-state index in [-0.39, 0.29) is 0 Å². The van der Waals surface area contributed by atoms with Gasteiger partial charge in [0.2, 0.25) is 5.95 Å². The van der Waals surface area contributed by atoms with Crippen molar-refractivity contribution in [2.24, 2.45) is 0 Å². The monoisotopic (exact) mass is 388 g/mol. The highest BCUT2D eigenvalue weighted by atomic mass is 79.9. The number of hydrogen-bond donors (Lipinski definition) is 2. The number of hydrogen-bond acceptors (Lipinski definition) is 5. The average Bonchev–Trinajstić information content (AvgIpc) is 2.85. The maximum absolute atomic E-state index is 6.07. The second kappa shape index (κ2) is 7.17. The van der Waals surface area contributed by atoms with Crippen molar-refractivity contribution in [3.05, 3.63) is 40.1 Å². The van der Waals surface area contributed by atoms with Crippen LogP contribution in [0.1, 0.15) is 30.9 Å². The van der Waals surface area contributed by atoms with Crippen LogP contribution in [0.2, 0.25) is 0 Å². The maximum Gasteiger partial charge on any atom is 0.226 e. The van der Waals surface area contributed by atoms with Crippen molar-refractivity contribution in [3.8, 4) is 0 Å². The van der Waals surface area contributed by atoms with Crippen molar-refractivity contribution in [3.63, 3.8) is 0 Å². The fraction of sp³-hybridized carbons (Fsp3) is 0.353. The average molecular weight is 389 g/mol. The van der Waals surface area contributed by atoms with Crippen LogP contribution >= 0.6 is 15.9 Å². The molecule has 2 heterocycles. The van der Waals surface area contributed by atoms with Gasteiger partial charge in [0, 0.05) is 6.54 Å². The molecule has 6 nitrogen and oxygen atoms in total. The molecule has 0 radical (unpaired) electrons. The molecule has 0 spiro atoms. The van der Waals surface area contributed by atoms with Crippen LogP contribution in [0.15, 0.2) is 29.0 Å². The van der Waals surface area contributed by atoms with Crippen molar-refractivity contribution in [1.29, 1.82) is 0 Å². The zero-order valence-corrected chi connectivity index (χ0v) is 15.5. The summed E-state index contributed by atoms with van der Waals surface area (Å²) in [7, 11) is 0. The molecule has 3 N–H and O–H groups in total. The van der Waals surface area contributed by atoms with Gasteiger partial charge in [-0.05, 0) is 34.8 Å². The van der Waals surface area contributed by atoms with Gasteiger partial charge in [0.25, 0.3) is 0 Å². The van der Waals surface area contributed by atoms with Crippen LogP contribution in [0.4, 0.5) is 11.8 Å². The molecule has 0 fully saturated rings. The number of anilines is 2. The quantitative estimate of drug-likeness (QED) is 0.496. The summed E-state index contributed by atoms with van der Waals surface area (Å²) in [6, 6.07) is 8.39. The number of rotatable bonds is 6. The van der Waals surface area contributed by atoms with Gasteiger partial charge in [0.05, 0.1) is 6.54 Å². The molecule has 0 aliphatic heterocycles. The Hall–Kier alpha value is -2.15. The van der Waals surface area contributed by atoms with Crippen molar-refractivity contribution in [1.82, 2.24) is 19.5 Å². The second-order valence-electron chi connectivity index (χ2n) is 5.84. The van der Waals surface area contributed by atoms with E-state index in [2.05, 4.69) is 74.3 Å². The minimum absolute atomic E-state index is 0.391. The number of nitrogens with one attached hydrogen (secondary N) is 1. The number of unbranched alkanes of at least 4 members (excludes halogenated alkanes) is 1. The van der Waals surface area contributed by atoms with E-state index in [9.17, 15) is 0 Å². The summed E-state index contributed by atoms with van der Waals surface area (Å²) in [5.74, 6) is 0.939. The lowest BCUT2D eigenvalue weighted by Gasteiger charge is -2.08. The molecule has 3 aromatic rings. The van der Waals surface area contributed by atoms with E-state index in [0.29, 0.717) is 28.6 Å². The summed E-state index contributed by atoms with van der Waals surface area (Å²) in [4.78, 5) is 13.4. The molecule has 0 saturated heterocycles. The Morgan fingerprint density at radius 3 is 2.83 bits per heavy atom. The number of nitrogens with zero attached hydrogens (tertiary/aromatic N) is 4. The summed E-state index contributed by atoms with van der Waals surface area (Å²) in [5.41, 5.74) is 9.84. The van der Waals surface area contributed by atoms with Gasteiger partial charge >= 0.3 is 0 Å². The molecule has 0 bridgehead atoms. The molecule has 0 unspecified atom stereocenters. The molecule has 126 valence electrons. The zero-order chi connectivity index (χ0) is 17.1. The van der Waals surface area contributed by atoms with Crippen molar-refractivity contribution < 1.29 is 0 Å². The van der Waals surface area contributed by atoms with Gasteiger partial charge in [0.1, 0.15) is 0 Å². The van der Waals surface area contributed by atoms with Gasteiger partial charge < -0.3 is 11.1 Å². The second-order valence-corrected chi connectivity index (χ2v) is 6.55. The third-order valence-electron chi connectivity index (χ3n) is 3.81. The molecular weight excluding hydrogens is 368 g/mol. The largest absolute Gasteiger partial charge is 0.382 e. The van der Waals surface area contributed by atoms with Crippen molar-refractivity contribution >= 4 is 38.9 Å². The summed E-state index contributed by atoms with van der Waals surface area (Å²) >= 11 is 3.52. The normalized spacial score (nSPS) is 11.1. The predicted molar refractivity (Wildman–Crippen MR) is 101 cm³/mol. The SMILES string of the molecule is CCCCNc1nc(N)c2nc(Br)n(Cc3cccc(C)c3)c2n1. The van der Waals surface area contributed by atoms with Crippen LogP contribution in [0, 0.1) is 6.92 Å². The van der Waals surface area contributed by atoms with E-state index in [1.807, 2.05) is 4.57 Å². The smallest absolute Gasteiger partial charge is 0.226 e. The lowest BCUT2D eigenvalue weighted by Crippen LogP contribution is -2.08. The Morgan fingerprint density at radius 2 is 2.08 bits per heavy atom. The zero-order valence-electron chi connectivity index (χ0n) is 13.9. The molecule has 0 amide bonds. The number of fused-ring (bicyclic) bond motifs is 1. The highest BCUT2D eigenvalue weighted by molar-refractivity contribution is 9.10. The molecule has 7 heteroatoms. The Bertz CT molecular complexity index is 858. The van der Waals surface area contributed by atoms with Crippen molar-refractivity contribution in [2.45, 2.75) is 33.2 Å². The van der Waals surface area contributed by atoms with Crippen LogP contribution in [0.3, 0.4) is 0 Å². The number of benzene rings is 1. The number of aryl methyl sites for hydroxylation is 1. The number of halogens is 1. The van der Waals surface area contributed by atoms with Crippen LogP contribution < -0.4 is 11.1 Å². The first kappa shape index (κ1) is 16.7. The van der Waals surface area contributed by atoms with Crippen molar-refractivity contribution in [2.75, 3.05) is 17.6 Å². The molecule has 2 aromatic heterocycles. The van der Waals surface area contributed by atoms with Gasteiger partial charge in [-0.1, -0.05) is 43.2 Å². The summed E-state index contributed by atoms with van der Waals surface area (Å²) in [6.07, 6.45) is 2.18. The number of nitrogens with two attached hydrogens (primary N) is 1. The van der Waals surface area contributed by atoms with Crippen LogP contribution in [-0.2, 0) is 6.54 Å². The Labute approximate surface area is 149 Å². The van der Waals surface area contributed by atoms with Crippen LogP contribution in [0.25, 0.3) is 11.2 Å². The first-order valence-corrected chi connectivity index (χ1v) is 8.86. The van der Waals surface area contributed by atoms with E-state index < -0.39 is 0 Å². The van der Waals surface area contributed by atoms with Gasteiger partial charge in [-0.15, -0.1) is 0 Å². The standard InChI is InChI=1S/C17H21BrN6/c1-3-4-8-20-17-22-14(19)13-15(23-17)24(16(18)21-13)10-12-7-5-6-11(2)9-12/h5-7,9H,3-4,8,10H2,1-2H3,(H3,19,20,22,23).